The molecule has 0 saturated heterocycles. The normalized spacial score (nSPS) is 41.6. The molecule has 17 heavy (non-hydrogen) atoms. The Morgan fingerprint density at radius 3 is 2.71 bits per heavy atom. The highest BCUT2D eigenvalue weighted by Crippen LogP contribution is 2.51. The van der Waals surface area contributed by atoms with Crippen molar-refractivity contribution >= 4 is 0 Å². The van der Waals surface area contributed by atoms with E-state index < -0.39 is 0 Å². The minimum atomic E-state index is -0.0900. The molecule has 4 atom stereocenters. The molecule has 1 saturated carbocycles. The van der Waals surface area contributed by atoms with Crippen molar-refractivity contribution in [3.63, 3.8) is 0 Å². The van der Waals surface area contributed by atoms with Crippen LogP contribution in [0.3, 0.4) is 0 Å². The summed E-state index contributed by atoms with van der Waals surface area (Å²) >= 11 is 0. The molecular formula is C16H25N. The second-order valence-corrected chi connectivity index (χ2v) is 6.65. The third-order valence-electron chi connectivity index (χ3n) is 5.18. The van der Waals surface area contributed by atoms with Crippen LogP contribution in [0.4, 0.5) is 0 Å². The highest BCUT2D eigenvalue weighted by atomic mass is 14.8. The molecule has 0 aromatic heterocycles. The van der Waals surface area contributed by atoms with Crippen LogP contribution in [-0.2, 0) is 0 Å². The van der Waals surface area contributed by atoms with E-state index in [2.05, 4.69) is 38.6 Å². The molecule has 2 aliphatic carbocycles. The van der Waals surface area contributed by atoms with Gasteiger partial charge in [0.2, 0.25) is 5.54 Å². The molecule has 1 unspecified atom stereocenters. The first-order valence-electron chi connectivity index (χ1n) is 7.04. The second-order valence-electron chi connectivity index (χ2n) is 6.65. The fourth-order valence-corrected chi connectivity index (χ4v) is 4.00. The number of fused-ring (bicyclic) bond motifs is 1. The molecule has 94 valence electrons. The first-order chi connectivity index (χ1) is 7.98. The van der Waals surface area contributed by atoms with E-state index in [-0.39, 0.29) is 5.54 Å². The van der Waals surface area contributed by atoms with E-state index in [0.717, 1.165) is 18.3 Å². The summed E-state index contributed by atoms with van der Waals surface area (Å²) in [4.78, 5) is 4.00. The fraction of sp³-hybridized carbons (Fsp3) is 0.812. The summed E-state index contributed by atoms with van der Waals surface area (Å²) in [5.74, 6) is 2.81. The number of hydrogen-bond donors (Lipinski definition) is 0. The Bertz CT molecular complexity index is 360. The van der Waals surface area contributed by atoms with Gasteiger partial charge in [0.05, 0.1) is 0 Å². The van der Waals surface area contributed by atoms with Gasteiger partial charge in [-0.1, -0.05) is 25.5 Å². The summed E-state index contributed by atoms with van der Waals surface area (Å²) in [6, 6.07) is 0. The van der Waals surface area contributed by atoms with Crippen LogP contribution in [0, 0.1) is 30.2 Å². The molecule has 0 N–H and O–H groups in total. The average Bonchev–Trinajstić information content (AvgIpc) is 2.28. The molecule has 0 heterocycles. The van der Waals surface area contributed by atoms with Gasteiger partial charge in [-0.15, -0.1) is 0 Å². The van der Waals surface area contributed by atoms with Gasteiger partial charge in [0.15, 0.2) is 0 Å². The zero-order chi connectivity index (χ0) is 12.6. The van der Waals surface area contributed by atoms with Crippen LogP contribution in [0.5, 0.6) is 0 Å². The van der Waals surface area contributed by atoms with Gasteiger partial charge in [-0.25, -0.2) is 6.57 Å². The molecule has 0 radical (unpaired) electrons. The molecule has 0 aromatic carbocycles. The molecule has 2 aliphatic rings. The van der Waals surface area contributed by atoms with Crippen LogP contribution >= 0.6 is 0 Å². The predicted octanol–water partition coefficient (Wildman–Crippen LogP) is 4.70. The fourth-order valence-electron chi connectivity index (χ4n) is 4.00. The number of nitrogens with zero attached hydrogens (tertiary/aromatic N) is 1. The molecule has 1 fully saturated rings. The summed E-state index contributed by atoms with van der Waals surface area (Å²) in [6.07, 6.45) is 7.28. The van der Waals surface area contributed by atoms with Crippen molar-refractivity contribution in [2.24, 2.45) is 23.7 Å². The van der Waals surface area contributed by atoms with E-state index >= 15 is 0 Å². The van der Waals surface area contributed by atoms with Crippen molar-refractivity contribution in [2.45, 2.75) is 58.9 Å². The van der Waals surface area contributed by atoms with Gasteiger partial charge in [-0.2, -0.15) is 0 Å². The molecule has 0 bridgehead atoms. The molecule has 1 heteroatoms. The Morgan fingerprint density at radius 1 is 1.41 bits per heavy atom. The van der Waals surface area contributed by atoms with Crippen LogP contribution in [0.2, 0.25) is 0 Å². The minimum absolute atomic E-state index is 0.0900. The largest absolute Gasteiger partial charge is 0.310 e. The third kappa shape index (κ3) is 2.15. The van der Waals surface area contributed by atoms with E-state index in [1.165, 1.54) is 19.3 Å². The highest BCUT2D eigenvalue weighted by molar-refractivity contribution is 5.17. The van der Waals surface area contributed by atoms with Gasteiger partial charge in [0.25, 0.3) is 0 Å². The molecule has 0 amide bonds. The van der Waals surface area contributed by atoms with E-state index in [1.807, 2.05) is 0 Å². The van der Waals surface area contributed by atoms with Crippen LogP contribution in [0.1, 0.15) is 53.4 Å². The number of allylic oxidation sites excluding steroid dienone is 2. The summed E-state index contributed by atoms with van der Waals surface area (Å²) in [6.45, 7) is 16.7. The topological polar surface area (TPSA) is 4.36 Å². The van der Waals surface area contributed by atoms with Gasteiger partial charge in [-0.05, 0) is 43.9 Å². The first kappa shape index (κ1) is 12.7. The Labute approximate surface area is 106 Å². The van der Waals surface area contributed by atoms with Crippen molar-refractivity contribution in [1.82, 2.24) is 0 Å². The Morgan fingerprint density at radius 2 is 2.12 bits per heavy atom. The quantitative estimate of drug-likeness (QED) is 0.455. The van der Waals surface area contributed by atoms with Gasteiger partial charge in [0.1, 0.15) is 0 Å². The summed E-state index contributed by atoms with van der Waals surface area (Å²) in [5, 5.41) is 0. The molecule has 0 aromatic rings. The van der Waals surface area contributed by atoms with Crippen molar-refractivity contribution < 1.29 is 0 Å². The Kier molecular flexibility index (Phi) is 3.34. The molecule has 0 aliphatic heterocycles. The lowest BCUT2D eigenvalue weighted by atomic mass is 9.57. The van der Waals surface area contributed by atoms with Crippen molar-refractivity contribution in [1.29, 1.82) is 0 Å². The number of rotatable bonds is 1. The molecular weight excluding hydrogens is 206 g/mol. The first-order valence-corrected chi connectivity index (χ1v) is 7.04. The van der Waals surface area contributed by atoms with E-state index in [4.69, 9.17) is 6.57 Å². The van der Waals surface area contributed by atoms with E-state index in [9.17, 15) is 0 Å². The maximum Gasteiger partial charge on any atom is 0.233 e. The monoisotopic (exact) mass is 231 g/mol. The molecule has 1 nitrogen and oxygen atoms in total. The van der Waals surface area contributed by atoms with Gasteiger partial charge in [0, 0.05) is 19.3 Å². The van der Waals surface area contributed by atoms with Crippen LogP contribution in [-0.4, -0.2) is 5.54 Å². The van der Waals surface area contributed by atoms with Gasteiger partial charge >= 0.3 is 0 Å². The van der Waals surface area contributed by atoms with Crippen molar-refractivity contribution in [3.05, 3.63) is 23.1 Å². The second kappa shape index (κ2) is 4.48. The standard InChI is InChI=1S/C16H25N/c1-11(2)13-8-9-16(4,17-5)15-7-6-12(3)10-14(13)15/h10-11,13-15H,6-9H2,1-4H3/t13-,14-,15?,16+/m0/s1. The Hall–Kier alpha value is -0.770. The maximum absolute atomic E-state index is 7.54. The van der Waals surface area contributed by atoms with E-state index in [0.29, 0.717) is 11.8 Å². The minimum Gasteiger partial charge on any atom is -0.310 e. The lowest BCUT2D eigenvalue weighted by Gasteiger charge is -2.45. The molecule has 0 spiro atoms. The van der Waals surface area contributed by atoms with Crippen LogP contribution in [0.25, 0.3) is 4.85 Å². The zero-order valence-corrected chi connectivity index (χ0v) is 11.7. The van der Waals surface area contributed by atoms with Crippen molar-refractivity contribution in [2.75, 3.05) is 0 Å². The SMILES string of the molecule is [C-]#[N+][C@]1(C)CC[C@@H](C(C)C)[C@@H]2C=C(C)CCC21. The summed E-state index contributed by atoms with van der Waals surface area (Å²) in [7, 11) is 0. The third-order valence-corrected chi connectivity index (χ3v) is 5.18. The lowest BCUT2D eigenvalue weighted by Crippen LogP contribution is -2.46. The average molecular weight is 231 g/mol. The zero-order valence-electron chi connectivity index (χ0n) is 11.7. The lowest BCUT2D eigenvalue weighted by molar-refractivity contribution is 0.0861. The maximum atomic E-state index is 7.54. The van der Waals surface area contributed by atoms with Gasteiger partial charge < -0.3 is 4.85 Å². The summed E-state index contributed by atoms with van der Waals surface area (Å²) in [5.41, 5.74) is 1.46. The predicted molar refractivity (Wildman–Crippen MR) is 72.5 cm³/mol. The smallest absolute Gasteiger partial charge is 0.233 e. The van der Waals surface area contributed by atoms with E-state index in [1.54, 1.807) is 5.57 Å². The molecule has 2 rings (SSSR count). The van der Waals surface area contributed by atoms with Crippen LogP contribution < -0.4 is 0 Å². The Balaban J connectivity index is 2.33. The summed E-state index contributed by atoms with van der Waals surface area (Å²) < 4.78 is 0. The van der Waals surface area contributed by atoms with Crippen LogP contribution in [0.15, 0.2) is 11.6 Å². The number of hydrogen-bond acceptors (Lipinski definition) is 0. The van der Waals surface area contributed by atoms with Gasteiger partial charge in [-0.3, -0.25) is 0 Å². The highest BCUT2D eigenvalue weighted by Gasteiger charge is 2.51. The van der Waals surface area contributed by atoms with Crippen molar-refractivity contribution in [3.8, 4) is 0 Å².